The van der Waals surface area contributed by atoms with E-state index in [2.05, 4.69) is 14.9 Å². The number of ether oxygens (including phenoxy) is 2. The van der Waals surface area contributed by atoms with Crippen LogP contribution in [-0.2, 0) is 13.1 Å². The van der Waals surface area contributed by atoms with E-state index in [0.717, 1.165) is 31.6 Å². The molecule has 0 saturated carbocycles. The number of hydrogen-bond donors (Lipinski definition) is 1. The summed E-state index contributed by atoms with van der Waals surface area (Å²) in [6, 6.07) is 3.93. The smallest absolute Gasteiger partial charge is 0.180 e. The van der Waals surface area contributed by atoms with Crippen LogP contribution >= 0.6 is 11.6 Å². The van der Waals surface area contributed by atoms with Gasteiger partial charge in [-0.15, -0.1) is 0 Å². The fourth-order valence-electron chi connectivity index (χ4n) is 2.37. The number of aryl methyl sites for hydroxylation is 1. The molecule has 0 aliphatic rings. The molecule has 1 N–H and O–H groups in total. The lowest BCUT2D eigenvalue weighted by molar-refractivity contribution is 0.224. The molecule has 24 heavy (non-hydrogen) atoms. The first kappa shape index (κ1) is 18.6. The zero-order valence-electron chi connectivity index (χ0n) is 14.6. The Morgan fingerprint density at radius 3 is 2.83 bits per heavy atom. The van der Waals surface area contributed by atoms with Gasteiger partial charge in [-0.05, 0) is 51.4 Å². The molecule has 0 atom stereocenters. The number of aromatic nitrogens is 2. The van der Waals surface area contributed by atoms with Gasteiger partial charge in [-0.25, -0.2) is 4.98 Å². The summed E-state index contributed by atoms with van der Waals surface area (Å²) in [6.45, 7) is 9.10. The van der Waals surface area contributed by atoms with E-state index in [9.17, 15) is 0 Å². The van der Waals surface area contributed by atoms with E-state index in [1.165, 1.54) is 0 Å². The maximum Gasteiger partial charge on any atom is 0.180 e. The quantitative estimate of drug-likeness (QED) is 0.659. The number of imidazole rings is 1. The zero-order chi connectivity index (χ0) is 17.4. The van der Waals surface area contributed by atoms with E-state index in [1.807, 2.05) is 45.4 Å². The Hall–Kier alpha value is -1.72. The number of nitrogens with zero attached hydrogens (tertiary/aromatic N) is 2. The number of benzene rings is 1. The van der Waals surface area contributed by atoms with Crippen molar-refractivity contribution in [3.63, 3.8) is 0 Å². The van der Waals surface area contributed by atoms with E-state index in [4.69, 9.17) is 21.1 Å². The van der Waals surface area contributed by atoms with E-state index in [0.29, 0.717) is 23.1 Å². The van der Waals surface area contributed by atoms with Crippen molar-refractivity contribution in [2.75, 3.05) is 13.2 Å². The van der Waals surface area contributed by atoms with E-state index >= 15 is 0 Å². The van der Waals surface area contributed by atoms with Crippen molar-refractivity contribution in [3.8, 4) is 11.5 Å². The molecule has 0 bridgehead atoms. The van der Waals surface area contributed by atoms with Crippen LogP contribution in [0.3, 0.4) is 0 Å². The Morgan fingerprint density at radius 2 is 2.17 bits per heavy atom. The summed E-state index contributed by atoms with van der Waals surface area (Å²) in [5, 5.41) is 4.02. The average Bonchev–Trinajstić information content (AvgIpc) is 3.04. The molecule has 1 aromatic heterocycles. The van der Waals surface area contributed by atoms with Crippen LogP contribution in [0, 0.1) is 0 Å². The average molecular weight is 352 g/mol. The highest BCUT2D eigenvalue weighted by Gasteiger charge is 2.13. The topological polar surface area (TPSA) is 48.3 Å². The van der Waals surface area contributed by atoms with Crippen molar-refractivity contribution in [2.45, 2.75) is 46.4 Å². The highest BCUT2D eigenvalue weighted by molar-refractivity contribution is 6.32. The van der Waals surface area contributed by atoms with Gasteiger partial charge < -0.3 is 19.4 Å². The zero-order valence-corrected chi connectivity index (χ0v) is 15.3. The van der Waals surface area contributed by atoms with Crippen LogP contribution in [0.5, 0.6) is 11.5 Å². The molecular formula is C18H26ClN3O2. The molecule has 0 unspecified atom stereocenters. The fraction of sp³-hybridized carbons (Fsp3) is 0.500. The summed E-state index contributed by atoms with van der Waals surface area (Å²) < 4.78 is 13.5. The molecule has 0 spiro atoms. The van der Waals surface area contributed by atoms with Gasteiger partial charge in [0, 0.05) is 25.5 Å². The molecule has 2 rings (SSSR count). The van der Waals surface area contributed by atoms with Crippen LogP contribution < -0.4 is 14.8 Å². The van der Waals surface area contributed by atoms with Gasteiger partial charge in [0.1, 0.15) is 0 Å². The van der Waals surface area contributed by atoms with Crippen molar-refractivity contribution in [2.24, 2.45) is 0 Å². The summed E-state index contributed by atoms with van der Waals surface area (Å²) in [5.41, 5.74) is 1.09. The summed E-state index contributed by atoms with van der Waals surface area (Å²) in [7, 11) is 0. The lowest BCUT2D eigenvalue weighted by Gasteiger charge is -2.17. The van der Waals surface area contributed by atoms with Gasteiger partial charge in [-0.2, -0.15) is 0 Å². The fourth-order valence-corrected chi connectivity index (χ4v) is 2.65. The molecule has 0 amide bonds. The monoisotopic (exact) mass is 351 g/mol. The van der Waals surface area contributed by atoms with Gasteiger partial charge in [0.15, 0.2) is 11.5 Å². The first-order valence-corrected chi connectivity index (χ1v) is 8.76. The second kappa shape index (κ2) is 9.55. The lowest BCUT2D eigenvalue weighted by Crippen LogP contribution is -2.16. The normalized spacial score (nSPS) is 11.0. The van der Waals surface area contributed by atoms with Crippen molar-refractivity contribution >= 4 is 11.6 Å². The number of hydrogen-bond acceptors (Lipinski definition) is 4. The Bertz CT molecular complexity index is 615. The molecule has 132 valence electrons. The van der Waals surface area contributed by atoms with E-state index < -0.39 is 0 Å². The molecule has 1 heterocycles. The summed E-state index contributed by atoms with van der Waals surface area (Å²) >= 11 is 6.38. The number of rotatable bonds is 10. The minimum Gasteiger partial charge on any atom is -0.490 e. The Balaban J connectivity index is 1.89. The van der Waals surface area contributed by atoms with Gasteiger partial charge in [0.25, 0.3) is 0 Å². The molecule has 0 radical (unpaired) electrons. The maximum absolute atomic E-state index is 6.38. The van der Waals surface area contributed by atoms with Gasteiger partial charge >= 0.3 is 0 Å². The van der Waals surface area contributed by atoms with Crippen molar-refractivity contribution in [1.82, 2.24) is 14.9 Å². The van der Waals surface area contributed by atoms with Gasteiger partial charge in [0.2, 0.25) is 0 Å². The third-order valence-corrected chi connectivity index (χ3v) is 3.66. The standard InChI is InChI=1S/C18H26ClN3O2/c1-4-23-17-11-15(10-16(19)18(17)24-14(2)3)12-20-6-5-8-22-9-7-21-13-22/h7,9-11,13-14,20H,4-6,8,12H2,1-3H3. The second-order valence-electron chi connectivity index (χ2n) is 5.84. The van der Waals surface area contributed by atoms with Crippen molar-refractivity contribution in [3.05, 3.63) is 41.4 Å². The molecule has 0 fully saturated rings. The second-order valence-corrected chi connectivity index (χ2v) is 6.24. The highest BCUT2D eigenvalue weighted by Crippen LogP contribution is 2.37. The Morgan fingerprint density at radius 1 is 1.33 bits per heavy atom. The number of nitrogens with one attached hydrogen (secondary N) is 1. The highest BCUT2D eigenvalue weighted by atomic mass is 35.5. The third kappa shape index (κ3) is 5.73. The largest absolute Gasteiger partial charge is 0.490 e. The van der Waals surface area contributed by atoms with E-state index in [-0.39, 0.29) is 6.10 Å². The Labute approximate surface area is 148 Å². The summed E-state index contributed by atoms with van der Waals surface area (Å²) in [5.74, 6) is 1.33. The molecule has 1 aromatic carbocycles. The molecule has 0 saturated heterocycles. The van der Waals surface area contributed by atoms with Crippen LogP contribution in [0.25, 0.3) is 0 Å². The van der Waals surface area contributed by atoms with Crippen LogP contribution in [0.15, 0.2) is 30.9 Å². The van der Waals surface area contributed by atoms with Crippen LogP contribution in [0.1, 0.15) is 32.8 Å². The van der Waals surface area contributed by atoms with Crippen molar-refractivity contribution in [1.29, 1.82) is 0 Å². The molecule has 2 aromatic rings. The lowest BCUT2D eigenvalue weighted by atomic mass is 10.2. The van der Waals surface area contributed by atoms with Gasteiger partial charge in [0.05, 0.1) is 24.1 Å². The van der Waals surface area contributed by atoms with E-state index in [1.54, 1.807) is 6.20 Å². The first-order valence-electron chi connectivity index (χ1n) is 8.38. The molecule has 0 aliphatic carbocycles. The minimum atomic E-state index is 0.0499. The predicted molar refractivity (Wildman–Crippen MR) is 96.9 cm³/mol. The summed E-state index contributed by atoms with van der Waals surface area (Å²) in [4.78, 5) is 4.04. The first-order chi connectivity index (χ1) is 11.6. The minimum absolute atomic E-state index is 0.0499. The predicted octanol–water partition coefficient (Wildman–Crippen LogP) is 3.90. The third-order valence-electron chi connectivity index (χ3n) is 3.38. The van der Waals surface area contributed by atoms with Crippen LogP contribution in [0.2, 0.25) is 5.02 Å². The summed E-state index contributed by atoms with van der Waals surface area (Å²) in [6.07, 6.45) is 6.69. The molecule has 5 nitrogen and oxygen atoms in total. The van der Waals surface area contributed by atoms with Gasteiger partial charge in [-0.1, -0.05) is 11.6 Å². The van der Waals surface area contributed by atoms with Gasteiger partial charge in [-0.3, -0.25) is 0 Å². The molecular weight excluding hydrogens is 326 g/mol. The molecule has 6 heteroatoms. The van der Waals surface area contributed by atoms with Crippen LogP contribution in [-0.4, -0.2) is 28.8 Å². The number of halogens is 1. The maximum atomic E-state index is 6.38. The molecule has 0 aliphatic heterocycles. The Kier molecular flexibility index (Phi) is 7.40. The van der Waals surface area contributed by atoms with Crippen LogP contribution in [0.4, 0.5) is 0 Å². The van der Waals surface area contributed by atoms with Crippen molar-refractivity contribution < 1.29 is 9.47 Å². The SMILES string of the molecule is CCOc1cc(CNCCCn2ccnc2)cc(Cl)c1OC(C)C.